The standard InChI is InChI=1S/C16H17N3O2/c1-12-11-13(2)19(16(20)18-12)9-10-21-15-5-3-14(4-6-15)7-8-17/h3-6,11H,7,9-10H2,1-2H3. The molecule has 1 heterocycles. The van der Waals surface area contributed by atoms with Gasteiger partial charge in [0.1, 0.15) is 12.4 Å². The van der Waals surface area contributed by atoms with Crippen LogP contribution in [0, 0.1) is 25.2 Å². The van der Waals surface area contributed by atoms with Crippen molar-refractivity contribution in [3.63, 3.8) is 0 Å². The summed E-state index contributed by atoms with van der Waals surface area (Å²) < 4.78 is 7.21. The summed E-state index contributed by atoms with van der Waals surface area (Å²) >= 11 is 0. The minimum Gasteiger partial charge on any atom is -0.492 e. The lowest BCUT2D eigenvalue weighted by Gasteiger charge is -2.11. The molecule has 5 nitrogen and oxygen atoms in total. The highest BCUT2D eigenvalue weighted by molar-refractivity contribution is 5.28. The zero-order valence-corrected chi connectivity index (χ0v) is 12.2. The molecule has 0 bridgehead atoms. The van der Waals surface area contributed by atoms with Gasteiger partial charge in [0.05, 0.1) is 19.0 Å². The topological polar surface area (TPSA) is 67.9 Å². The Morgan fingerprint density at radius 2 is 2.00 bits per heavy atom. The predicted molar refractivity (Wildman–Crippen MR) is 79.2 cm³/mol. The number of benzene rings is 1. The zero-order chi connectivity index (χ0) is 15.2. The first-order valence-corrected chi connectivity index (χ1v) is 6.74. The molecule has 0 aliphatic carbocycles. The highest BCUT2D eigenvalue weighted by Gasteiger charge is 2.03. The lowest BCUT2D eigenvalue weighted by Crippen LogP contribution is -2.27. The maximum atomic E-state index is 11.8. The van der Waals surface area contributed by atoms with Gasteiger partial charge in [0.25, 0.3) is 0 Å². The zero-order valence-electron chi connectivity index (χ0n) is 12.2. The minimum absolute atomic E-state index is 0.250. The molecule has 5 heteroatoms. The molecule has 1 aromatic carbocycles. The molecule has 0 unspecified atom stereocenters. The molecule has 108 valence electrons. The number of hydrogen-bond acceptors (Lipinski definition) is 4. The molecule has 2 rings (SSSR count). The van der Waals surface area contributed by atoms with Gasteiger partial charge in [-0.25, -0.2) is 4.79 Å². The van der Waals surface area contributed by atoms with Gasteiger partial charge in [0, 0.05) is 11.4 Å². The van der Waals surface area contributed by atoms with Crippen LogP contribution >= 0.6 is 0 Å². The third kappa shape index (κ3) is 3.93. The van der Waals surface area contributed by atoms with Crippen molar-refractivity contribution in [1.29, 1.82) is 5.26 Å². The first kappa shape index (κ1) is 14.8. The largest absolute Gasteiger partial charge is 0.492 e. The maximum Gasteiger partial charge on any atom is 0.348 e. The maximum absolute atomic E-state index is 11.8. The van der Waals surface area contributed by atoms with Crippen LogP contribution in [0.15, 0.2) is 35.1 Å². The smallest absolute Gasteiger partial charge is 0.348 e. The SMILES string of the molecule is Cc1cc(C)n(CCOc2ccc(CC#N)cc2)c(=O)n1. The van der Waals surface area contributed by atoms with E-state index in [0.29, 0.717) is 19.6 Å². The highest BCUT2D eigenvalue weighted by atomic mass is 16.5. The van der Waals surface area contributed by atoms with Crippen LogP contribution in [0.5, 0.6) is 5.75 Å². The summed E-state index contributed by atoms with van der Waals surface area (Å²) in [6.45, 7) is 4.53. The third-order valence-corrected chi connectivity index (χ3v) is 3.14. The van der Waals surface area contributed by atoms with Crippen molar-refractivity contribution in [2.24, 2.45) is 0 Å². The fourth-order valence-electron chi connectivity index (χ4n) is 2.10. The van der Waals surface area contributed by atoms with E-state index < -0.39 is 0 Å². The Bertz CT molecular complexity index is 712. The number of ether oxygens (including phenoxy) is 1. The molecular weight excluding hydrogens is 266 g/mol. The molecule has 0 saturated carbocycles. The van der Waals surface area contributed by atoms with E-state index in [1.165, 1.54) is 0 Å². The van der Waals surface area contributed by atoms with Crippen LogP contribution in [0.3, 0.4) is 0 Å². The Hall–Kier alpha value is -2.61. The summed E-state index contributed by atoms with van der Waals surface area (Å²) in [5, 5.41) is 8.61. The van der Waals surface area contributed by atoms with Crippen molar-refractivity contribution < 1.29 is 4.74 Å². The monoisotopic (exact) mass is 283 g/mol. The van der Waals surface area contributed by atoms with Crippen molar-refractivity contribution in [2.75, 3.05) is 6.61 Å². The molecule has 21 heavy (non-hydrogen) atoms. The molecule has 0 N–H and O–H groups in total. The van der Waals surface area contributed by atoms with Gasteiger partial charge in [-0.15, -0.1) is 0 Å². The van der Waals surface area contributed by atoms with Crippen molar-refractivity contribution >= 4 is 0 Å². The fourth-order valence-corrected chi connectivity index (χ4v) is 2.10. The lowest BCUT2D eigenvalue weighted by atomic mass is 10.2. The first-order valence-electron chi connectivity index (χ1n) is 6.74. The molecule has 0 atom stereocenters. The van der Waals surface area contributed by atoms with Crippen LogP contribution in [0.25, 0.3) is 0 Å². The molecule has 0 aliphatic rings. The van der Waals surface area contributed by atoms with Gasteiger partial charge >= 0.3 is 5.69 Å². The summed E-state index contributed by atoms with van der Waals surface area (Å²) in [7, 11) is 0. The summed E-state index contributed by atoms with van der Waals surface area (Å²) in [6, 6.07) is 11.4. The normalized spacial score (nSPS) is 10.1. The van der Waals surface area contributed by atoms with Crippen LogP contribution in [0.2, 0.25) is 0 Å². The Morgan fingerprint density at radius 1 is 1.29 bits per heavy atom. The molecule has 0 spiro atoms. The molecule has 2 aromatic rings. The van der Waals surface area contributed by atoms with Gasteiger partial charge in [-0.1, -0.05) is 12.1 Å². The number of rotatable bonds is 5. The Kier molecular flexibility index (Phi) is 4.72. The summed E-state index contributed by atoms with van der Waals surface area (Å²) in [5.41, 5.74) is 2.31. The van der Waals surface area contributed by atoms with Crippen molar-refractivity contribution in [1.82, 2.24) is 9.55 Å². The van der Waals surface area contributed by atoms with Crippen LogP contribution in [-0.2, 0) is 13.0 Å². The summed E-state index contributed by atoms with van der Waals surface area (Å²) in [6.07, 6.45) is 0.393. The summed E-state index contributed by atoms with van der Waals surface area (Å²) in [4.78, 5) is 15.7. The number of aryl methyl sites for hydroxylation is 2. The second-order valence-electron chi connectivity index (χ2n) is 4.80. The average molecular weight is 283 g/mol. The van der Waals surface area contributed by atoms with Gasteiger partial charge < -0.3 is 4.74 Å². The van der Waals surface area contributed by atoms with Crippen molar-refractivity contribution in [3.05, 3.63) is 57.8 Å². The lowest BCUT2D eigenvalue weighted by molar-refractivity contribution is 0.294. The molecular formula is C16H17N3O2. The molecule has 0 radical (unpaired) electrons. The third-order valence-electron chi connectivity index (χ3n) is 3.14. The Morgan fingerprint density at radius 3 is 2.62 bits per heavy atom. The molecule has 0 saturated heterocycles. The molecule has 0 fully saturated rings. The van der Waals surface area contributed by atoms with Crippen LogP contribution in [0.1, 0.15) is 17.0 Å². The molecule has 0 aliphatic heterocycles. The minimum atomic E-state index is -0.250. The number of nitrogens with zero attached hydrogens (tertiary/aromatic N) is 3. The van der Waals surface area contributed by atoms with Gasteiger partial charge in [-0.3, -0.25) is 4.57 Å². The first-order chi connectivity index (χ1) is 10.1. The second-order valence-corrected chi connectivity index (χ2v) is 4.80. The van der Waals surface area contributed by atoms with E-state index in [1.54, 1.807) is 11.5 Å². The van der Waals surface area contributed by atoms with Crippen LogP contribution in [-0.4, -0.2) is 16.2 Å². The second kappa shape index (κ2) is 6.71. The van der Waals surface area contributed by atoms with E-state index in [1.807, 2.05) is 37.3 Å². The Labute approximate surface area is 123 Å². The average Bonchev–Trinajstić information content (AvgIpc) is 2.44. The van der Waals surface area contributed by atoms with Gasteiger partial charge in [0.15, 0.2) is 0 Å². The van der Waals surface area contributed by atoms with Crippen LogP contribution in [0.4, 0.5) is 0 Å². The quantitative estimate of drug-likeness (QED) is 0.841. The van der Waals surface area contributed by atoms with E-state index in [0.717, 1.165) is 22.7 Å². The number of aromatic nitrogens is 2. The van der Waals surface area contributed by atoms with E-state index in [9.17, 15) is 4.79 Å². The van der Waals surface area contributed by atoms with Crippen LogP contribution < -0.4 is 10.4 Å². The fraction of sp³-hybridized carbons (Fsp3) is 0.312. The highest BCUT2D eigenvalue weighted by Crippen LogP contribution is 2.12. The predicted octanol–water partition coefficient (Wildman–Crippen LogP) is 2.01. The molecule has 1 aromatic heterocycles. The number of hydrogen-bond donors (Lipinski definition) is 0. The van der Waals surface area contributed by atoms with E-state index in [2.05, 4.69) is 11.1 Å². The van der Waals surface area contributed by atoms with E-state index in [-0.39, 0.29) is 5.69 Å². The van der Waals surface area contributed by atoms with Crippen molar-refractivity contribution in [2.45, 2.75) is 26.8 Å². The summed E-state index contributed by atoms with van der Waals surface area (Å²) in [5.74, 6) is 0.725. The van der Waals surface area contributed by atoms with Gasteiger partial charge in [0.2, 0.25) is 0 Å². The number of nitriles is 1. The Balaban J connectivity index is 1.96. The van der Waals surface area contributed by atoms with Crippen molar-refractivity contribution in [3.8, 4) is 11.8 Å². The van der Waals surface area contributed by atoms with E-state index >= 15 is 0 Å². The van der Waals surface area contributed by atoms with E-state index in [4.69, 9.17) is 10.00 Å². The van der Waals surface area contributed by atoms with Gasteiger partial charge in [-0.2, -0.15) is 10.2 Å². The van der Waals surface area contributed by atoms with Gasteiger partial charge in [-0.05, 0) is 37.6 Å². The molecule has 0 amide bonds.